The van der Waals surface area contributed by atoms with Gasteiger partial charge in [-0.1, -0.05) is 6.08 Å². The molecule has 0 unspecified atom stereocenters. The molecule has 0 atom stereocenters. The zero-order chi connectivity index (χ0) is 15.0. The Morgan fingerprint density at radius 3 is 2.55 bits per heavy atom. The van der Waals surface area contributed by atoms with Crippen LogP contribution in [0.4, 0.5) is 19.0 Å². The van der Waals surface area contributed by atoms with Crippen molar-refractivity contribution in [2.24, 2.45) is 0 Å². The van der Waals surface area contributed by atoms with E-state index >= 15 is 0 Å². The van der Waals surface area contributed by atoms with Crippen LogP contribution in [0, 0.1) is 0 Å². The van der Waals surface area contributed by atoms with Crippen LogP contribution in [-0.4, -0.2) is 37.0 Å². The molecule has 0 radical (unpaired) electrons. The van der Waals surface area contributed by atoms with Gasteiger partial charge in [0.2, 0.25) is 10.0 Å². The third-order valence-electron chi connectivity index (χ3n) is 2.95. The van der Waals surface area contributed by atoms with Crippen LogP contribution in [0.1, 0.15) is 6.42 Å². The van der Waals surface area contributed by atoms with Crippen molar-refractivity contribution in [3.05, 3.63) is 30.0 Å². The van der Waals surface area contributed by atoms with Crippen LogP contribution < -0.4 is 5.73 Å². The fourth-order valence-electron chi connectivity index (χ4n) is 1.89. The van der Waals surface area contributed by atoms with E-state index in [-0.39, 0.29) is 30.2 Å². The van der Waals surface area contributed by atoms with Gasteiger partial charge in [-0.3, -0.25) is 0 Å². The van der Waals surface area contributed by atoms with Gasteiger partial charge < -0.3 is 5.73 Å². The van der Waals surface area contributed by atoms with E-state index in [0.717, 1.165) is 10.4 Å². The highest BCUT2D eigenvalue weighted by atomic mass is 32.2. The smallest absolute Gasteiger partial charge is 0.383 e. The van der Waals surface area contributed by atoms with Crippen molar-refractivity contribution in [3.8, 4) is 0 Å². The Morgan fingerprint density at radius 2 is 2.05 bits per heavy atom. The van der Waals surface area contributed by atoms with Gasteiger partial charge in [-0.05, 0) is 18.6 Å². The largest absolute Gasteiger partial charge is 0.412 e. The van der Waals surface area contributed by atoms with E-state index in [2.05, 4.69) is 4.98 Å². The van der Waals surface area contributed by atoms with Crippen molar-refractivity contribution in [1.82, 2.24) is 9.29 Å². The Labute approximate surface area is 114 Å². The highest BCUT2D eigenvalue weighted by Gasteiger charge is 2.37. The molecule has 2 rings (SSSR count). The van der Waals surface area contributed by atoms with E-state index in [4.69, 9.17) is 5.73 Å². The third kappa shape index (κ3) is 2.78. The lowest BCUT2D eigenvalue weighted by atomic mass is 10.1. The van der Waals surface area contributed by atoms with Crippen molar-refractivity contribution in [2.45, 2.75) is 17.5 Å². The lowest BCUT2D eigenvalue weighted by Crippen LogP contribution is -2.37. The number of alkyl halides is 3. The molecule has 0 spiro atoms. The van der Waals surface area contributed by atoms with Crippen molar-refractivity contribution in [2.75, 3.05) is 18.8 Å². The molecule has 0 saturated carbocycles. The molecule has 0 fully saturated rings. The summed E-state index contributed by atoms with van der Waals surface area (Å²) < 4.78 is 62.9. The first-order valence-corrected chi connectivity index (χ1v) is 7.14. The molecule has 0 saturated heterocycles. The standard InChI is InChI=1S/C11H12F3N3O2S/c12-11(13,14)8-3-6-17(7-4-8)20(18,19)9-2-1-5-16-10(9)15/h1-3,5H,4,6-7H2,(H2,15,16). The number of nitrogen functional groups attached to an aromatic ring is 1. The predicted molar refractivity (Wildman–Crippen MR) is 66.2 cm³/mol. The van der Waals surface area contributed by atoms with Gasteiger partial charge in [0.1, 0.15) is 10.7 Å². The average Bonchev–Trinajstić information content (AvgIpc) is 2.38. The summed E-state index contributed by atoms with van der Waals surface area (Å²) >= 11 is 0. The van der Waals surface area contributed by atoms with Gasteiger partial charge in [0.05, 0.1) is 0 Å². The summed E-state index contributed by atoms with van der Waals surface area (Å²) in [6, 6.07) is 2.69. The summed E-state index contributed by atoms with van der Waals surface area (Å²) in [6.07, 6.45) is -2.56. The van der Waals surface area contributed by atoms with Crippen molar-refractivity contribution in [1.29, 1.82) is 0 Å². The number of halogens is 3. The Balaban J connectivity index is 2.27. The maximum absolute atomic E-state index is 12.5. The molecule has 1 aliphatic rings. The summed E-state index contributed by atoms with van der Waals surface area (Å²) in [7, 11) is -3.93. The second-order valence-electron chi connectivity index (χ2n) is 4.23. The van der Waals surface area contributed by atoms with Crippen molar-refractivity contribution in [3.63, 3.8) is 0 Å². The Hall–Kier alpha value is -1.61. The molecule has 0 aliphatic carbocycles. The van der Waals surface area contributed by atoms with E-state index in [1.165, 1.54) is 18.3 Å². The van der Waals surface area contributed by atoms with Crippen LogP contribution in [0.25, 0.3) is 0 Å². The molecular formula is C11H12F3N3O2S. The highest BCUT2D eigenvalue weighted by molar-refractivity contribution is 7.89. The Morgan fingerprint density at radius 1 is 1.35 bits per heavy atom. The number of pyridine rings is 1. The van der Waals surface area contributed by atoms with Crippen LogP contribution in [0.5, 0.6) is 0 Å². The van der Waals surface area contributed by atoms with Crippen LogP contribution in [0.2, 0.25) is 0 Å². The minimum Gasteiger partial charge on any atom is -0.383 e. The molecule has 0 bridgehead atoms. The molecule has 0 amide bonds. The van der Waals surface area contributed by atoms with Crippen molar-refractivity contribution >= 4 is 15.8 Å². The van der Waals surface area contributed by atoms with Crippen LogP contribution in [0.3, 0.4) is 0 Å². The summed E-state index contributed by atoms with van der Waals surface area (Å²) in [5.41, 5.74) is 4.79. The number of nitrogens with two attached hydrogens (primary N) is 1. The van der Waals surface area contributed by atoms with Gasteiger partial charge in [0, 0.05) is 24.9 Å². The molecule has 5 nitrogen and oxygen atoms in total. The number of anilines is 1. The quantitative estimate of drug-likeness (QED) is 0.841. The number of hydrogen-bond donors (Lipinski definition) is 1. The van der Waals surface area contributed by atoms with Gasteiger partial charge in [-0.2, -0.15) is 17.5 Å². The van der Waals surface area contributed by atoms with Gasteiger partial charge in [-0.25, -0.2) is 13.4 Å². The van der Waals surface area contributed by atoms with Crippen LogP contribution in [-0.2, 0) is 10.0 Å². The minimum atomic E-state index is -4.41. The number of aromatic nitrogens is 1. The molecule has 20 heavy (non-hydrogen) atoms. The summed E-state index contributed by atoms with van der Waals surface area (Å²) in [4.78, 5) is 3.48. The van der Waals surface area contributed by atoms with Gasteiger partial charge in [0.25, 0.3) is 0 Å². The number of hydrogen-bond acceptors (Lipinski definition) is 4. The van der Waals surface area contributed by atoms with Crippen LogP contribution in [0.15, 0.2) is 34.9 Å². The van der Waals surface area contributed by atoms with Gasteiger partial charge in [-0.15, -0.1) is 0 Å². The number of sulfonamides is 1. The second kappa shape index (κ2) is 5.06. The SMILES string of the molecule is Nc1ncccc1S(=O)(=O)N1CC=C(C(F)(F)F)CC1. The maximum atomic E-state index is 12.5. The van der Waals surface area contributed by atoms with E-state index in [9.17, 15) is 21.6 Å². The van der Waals surface area contributed by atoms with E-state index < -0.39 is 21.8 Å². The van der Waals surface area contributed by atoms with Gasteiger partial charge in [0.15, 0.2) is 0 Å². The predicted octanol–water partition coefficient (Wildman–Crippen LogP) is 1.55. The third-order valence-corrected chi connectivity index (χ3v) is 4.87. The van der Waals surface area contributed by atoms with E-state index in [0.29, 0.717) is 0 Å². The summed E-state index contributed by atoms with van der Waals surface area (Å²) in [5.74, 6) is -0.168. The highest BCUT2D eigenvalue weighted by Crippen LogP contribution is 2.32. The number of nitrogens with zero attached hydrogens (tertiary/aromatic N) is 2. The van der Waals surface area contributed by atoms with E-state index in [1.807, 2.05) is 0 Å². The molecule has 0 aromatic carbocycles. The Kier molecular flexibility index (Phi) is 3.74. The molecular weight excluding hydrogens is 295 g/mol. The first-order valence-electron chi connectivity index (χ1n) is 5.70. The molecule has 110 valence electrons. The van der Waals surface area contributed by atoms with Gasteiger partial charge >= 0.3 is 6.18 Å². The first-order chi connectivity index (χ1) is 9.23. The topological polar surface area (TPSA) is 76.3 Å². The fourth-order valence-corrected chi connectivity index (χ4v) is 3.33. The first kappa shape index (κ1) is 14.8. The molecule has 2 heterocycles. The van der Waals surface area contributed by atoms with Crippen LogP contribution >= 0.6 is 0 Å². The van der Waals surface area contributed by atoms with E-state index in [1.54, 1.807) is 0 Å². The lowest BCUT2D eigenvalue weighted by molar-refractivity contribution is -0.0953. The zero-order valence-corrected chi connectivity index (χ0v) is 11.1. The maximum Gasteiger partial charge on any atom is 0.412 e. The molecule has 1 aromatic rings. The zero-order valence-electron chi connectivity index (χ0n) is 10.3. The van der Waals surface area contributed by atoms with Crippen molar-refractivity contribution < 1.29 is 21.6 Å². The lowest BCUT2D eigenvalue weighted by Gasteiger charge is -2.26. The number of rotatable bonds is 2. The summed E-state index contributed by atoms with van der Waals surface area (Å²) in [5, 5.41) is 0. The Bertz CT molecular complexity index is 641. The fraction of sp³-hybridized carbons (Fsp3) is 0.364. The average molecular weight is 307 g/mol. The molecule has 9 heteroatoms. The monoisotopic (exact) mass is 307 g/mol. The minimum absolute atomic E-state index is 0.168. The summed E-state index contributed by atoms with van der Waals surface area (Å²) in [6.45, 7) is -0.562. The molecule has 1 aliphatic heterocycles. The molecule has 2 N–H and O–H groups in total. The second-order valence-corrected chi connectivity index (χ2v) is 6.13. The molecule has 1 aromatic heterocycles. The normalized spacial score (nSPS) is 17.9.